The molecule has 0 bridgehead atoms. The van der Waals surface area contributed by atoms with E-state index in [0.29, 0.717) is 13.2 Å². The van der Waals surface area contributed by atoms with Gasteiger partial charge in [0, 0.05) is 0 Å². The molecule has 5 N–H and O–H groups in total. The molecule has 0 aromatic rings. The Labute approximate surface area is 132 Å². The number of alkyl carbamates (subject to hydrolysis) is 3. The van der Waals surface area contributed by atoms with Crippen LogP contribution in [0.2, 0.25) is 0 Å². The van der Waals surface area contributed by atoms with Crippen LogP contribution in [0.1, 0.15) is 13.8 Å². The van der Waals surface area contributed by atoms with Crippen LogP contribution in [0.4, 0.5) is 19.2 Å². The highest BCUT2D eigenvalue weighted by Crippen LogP contribution is 1.76. The monoisotopic (exact) mass is 338 g/mol. The van der Waals surface area contributed by atoms with Gasteiger partial charge in [0.2, 0.25) is 0 Å². The molecule has 12 heteroatoms. The van der Waals surface area contributed by atoms with E-state index in [1.165, 1.54) is 7.11 Å². The van der Waals surface area contributed by atoms with Gasteiger partial charge in [-0.2, -0.15) is 0 Å². The maximum absolute atomic E-state index is 10.7. The third kappa shape index (κ3) is 19.1. The van der Waals surface area contributed by atoms with Gasteiger partial charge < -0.3 is 40.6 Å². The first-order valence-corrected chi connectivity index (χ1v) is 6.47. The maximum Gasteiger partial charge on any atom is 0.408 e. The molecule has 0 saturated heterocycles. The molecule has 0 unspecified atom stereocenters. The first kappa shape index (κ1) is 22.4. The van der Waals surface area contributed by atoms with Crippen molar-refractivity contribution in [3.05, 3.63) is 0 Å². The zero-order valence-corrected chi connectivity index (χ0v) is 13.1. The van der Waals surface area contributed by atoms with E-state index in [4.69, 9.17) is 5.11 Å². The minimum absolute atomic E-state index is 0.00231. The summed E-state index contributed by atoms with van der Waals surface area (Å²) >= 11 is 0. The van der Waals surface area contributed by atoms with Gasteiger partial charge in [-0.1, -0.05) is 0 Å². The maximum atomic E-state index is 10.7. The lowest BCUT2D eigenvalue weighted by Gasteiger charge is -2.06. The Balaban J connectivity index is 0. The number of hydrogen-bond acceptors (Lipinski definition) is 7. The number of carbonyl (C=O) groups is 4. The van der Waals surface area contributed by atoms with Crippen LogP contribution in [0.15, 0.2) is 0 Å². The van der Waals surface area contributed by atoms with E-state index in [2.05, 4.69) is 30.2 Å². The van der Waals surface area contributed by atoms with Gasteiger partial charge in [0.05, 0.1) is 33.7 Å². The Bertz CT molecular complexity index is 359. The third-order valence-electron chi connectivity index (χ3n) is 1.67. The fourth-order valence-electron chi connectivity index (χ4n) is 0.817. The average Bonchev–Trinajstić information content (AvgIpc) is 2.48. The largest absolute Gasteiger partial charge is 0.465 e. The van der Waals surface area contributed by atoms with Crippen molar-refractivity contribution >= 4 is 24.4 Å². The third-order valence-corrected chi connectivity index (χ3v) is 1.67. The first-order valence-electron chi connectivity index (χ1n) is 6.47. The van der Waals surface area contributed by atoms with Gasteiger partial charge >= 0.3 is 24.4 Å². The van der Waals surface area contributed by atoms with Crippen LogP contribution in [0.5, 0.6) is 0 Å². The van der Waals surface area contributed by atoms with Crippen LogP contribution in [0, 0.1) is 0 Å². The van der Waals surface area contributed by atoms with Crippen LogP contribution in [0.25, 0.3) is 0 Å². The quantitative estimate of drug-likeness (QED) is 0.333. The number of ether oxygens (including phenoxy) is 3. The topological polar surface area (TPSA) is 164 Å². The standard InChI is InChI=1S/C7H14N2O4.C4H8N2O4/c1-3-12-6(10)8-5-9-7(11)13-4-2;1-10-4(9)6-2-5-3(7)8/h3-5H2,1-2H3,(H,8,10)(H,9,11);5H,2H2,1H3,(H,6,9)(H,7,8). The Morgan fingerprint density at radius 1 is 0.783 bits per heavy atom. The highest BCUT2D eigenvalue weighted by molar-refractivity contribution is 5.70. The molecule has 0 aromatic heterocycles. The Hall–Kier alpha value is -2.92. The normalized spacial score (nSPS) is 8.48. The molecule has 12 nitrogen and oxygen atoms in total. The summed E-state index contributed by atoms with van der Waals surface area (Å²) in [7, 11) is 1.19. The molecule has 0 rings (SSSR count). The number of hydrogen-bond donors (Lipinski definition) is 5. The highest BCUT2D eigenvalue weighted by Gasteiger charge is 2.01. The van der Waals surface area contributed by atoms with Crippen LogP contribution in [-0.4, -0.2) is 63.1 Å². The van der Waals surface area contributed by atoms with E-state index in [0.717, 1.165) is 0 Å². The molecule has 134 valence electrons. The van der Waals surface area contributed by atoms with E-state index in [-0.39, 0.29) is 13.3 Å². The molecule has 23 heavy (non-hydrogen) atoms. The number of amides is 4. The van der Waals surface area contributed by atoms with Crippen molar-refractivity contribution in [2.45, 2.75) is 13.8 Å². The Morgan fingerprint density at radius 2 is 1.17 bits per heavy atom. The number of nitrogens with one attached hydrogen (secondary N) is 4. The van der Waals surface area contributed by atoms with Crippen LogP contribution in [0.3, 0.4) is 0 Å². The SMILES string of the molecule is CCOC(=O)NCNC(=O)OCC.COC(=O)NCNC(=O)O. The smallest absolute Gasteiger partial charge is 0.408 e. The molecule has 0 aromatic carbocycles. The summed E-state index contributed by atoms with van der Waals surface area (Å²) in [6, 6.07) is 0. The summed E-state index contributed by atoms with van der Waals surface area (Å²) in [5, 5.41) is 16.6. The minimum atomic E-state index is -1.20. The molecule has 0 aliphatic carbocycles. The summed E-state index contributed by atoms with van der Waals surface area (Å²) < 4.78 is 13.2. The summed E-state index contributed by atoms with van der Waals surface area (Å²) in [4.78, 5) is 41.3. The van der Waals surface area contributed by atoms with Gasteiger partial charge in [0.1, 0.15) is 0 Å². The summed E-state index contributed by atoms with van der Waals surface area (Å²) in [5.74, 6) is 0. The molecule has 4 amide bonds. The first-order chi connectivity index (χ1) is 10.9. The molecular weight excluding hydrogens is 316 g/mol. The molecule has 0 atom stereocenters. The van der Waals surface area contributed by atoms with Gasteiger partial charge in [-0.3, -0.25) is 0 Å². The van der Waals surface area contributed by atoms with Gasteiger partial charge in [-0.15, -0.1) is 0 Å². The second-order valence-corrected chi connectivity index (χ2v) is 3.30. The molecule has 0 saturated carbocycles. The van der Waals surface area contributed by atoms with Crippen molar-refractivity contribution in [3.63, 3.8) is 0 Å². The summed E-state index contributed by atoms with van der Waals surface area (Å²) in [5.41, 5.74) is 0. The molecule has 0 radical (unpaired) electrons. The van der Waals surface area contributed by atoms with E-state index < -0.39 is 24.4 Å². The lowest BCUT2D eigenvalue weighted by molar-refractivity contribution is 0.143. The van der Waals surface area contributed by atoms with E-state index in [9.17, 15) is 19.2 Å². The minimum Gasteiger partial charge on any atom is -0.465 e. The van der Waals surface area contributed by atoms with E-state index >= 15 is 0 Å². The van der Waals surface area contributed by atoms with Crippen LogP contribution < -0.4 is 21.3 Å². The number of methoxy groups -OCH3 is 1. The molecule has 0 spiro atoms. The predicted octanol–water partition coefficient (Wildman–Crippen LogP) is 0.00360. The van der Waals surface area contributed by atoms with E-state index in [1.54, 1.807) is 13.8 Å². The van der Waals surface area contributed by atoms with Gasteiger partial charge in [0.15, 0.2) is 0 Å². The molecular formula is C11H22N4O8. The van der Waals surface area contributed by atoms with Crippen LogP contribution >= 0.6 is 0 Å². The molecule has 0 fully saturated rings. The predicted molar refractivity (Wildman–Crippen MR) is 76.8 cm³/mol. The van der Waals surface area contributed by atoms with Gasteiger partial charge in [0.25, 0.3) is 0 Å². The number of carbonyl (C=O) groups excluding carboxylic acids is 3. The van der Waals surface area contributed by atoms with Crippen molar-refractivity contribution < 1.29 is 38.5 Å². The zero-order chi connectivity index (χ0) is 18.1. The fourth-order valence-corrected chi connectivity index (χ4v) is 0.817. The van der Waals surface area contributed by atoms with Crippen molar-refractivity contribution in [1.29, 1.82) is 0 Å². The van der Waals surface area contributed by atoms with Crippen molar-refractivity contribution in [1.82, 2.24) is 21.3 Å². The second kappa shape index (κ2) is 15.5. The average molecular weight is 338 g/mol. The van der Waals surface area contributed by atoms with Crippen molar-refractivity contribution in [3.8, 4) is 0 Å². The number of carboxylic acid groups (broad SMARTS) is 1. The van der Waals surface area contributed by atoms with Crippen molar-refractivity contribution in [2.75, 3.05) is 33.7 Å². The second-order valence-electron chi connectivity index (χ2n) is 3.30. The molecule has 0 aliphatic rings. The molecule has 0 aliphatic heterocycles. The Kier molecular flexibility index (Phi) is 15.0. The fraction of sp³-hybridized carbons (Fsp3) is 0.636. The van der Waals surface area contributed by atoms with Crippen molar-refractivity contribution in [2.24, 2.45) is 0 Å². The van der Waals surface area contributed by atoms with Gasteiger partial charge in [-0.25, -0.2) is 19.2 Å². The highest BCUT2D eigenvalue weighted by atomic mass is 16.6. The van der Waals surface area contributed by atoms with E-state index in [1.807, 2.05) is 5.32 Å². The summed E-state index contributed by atoms with van der Waals surface area (Å²) in [6.07, 6.45) is -3.01. The molecule has 0 heterocycles. The lowest BCUT2D eigenvalue weighted by Crippen LogP contribution is -2.37. The number of rotatable bonds is 6. The lowest BCUT2D eigenvalue weighted by atomic mass is 10.8. The summed E-state index contributed by atoms with van der Waals surface area (Å²) in [6.45, 7) is 3.83. The van der Waals surface area contributed by atoms with Gasteiger partial charge in [-0.05, 0) is 13.8 Å². The zero-order valence-electron chi connectivity index (χ0n) is 13.1. The van der Waals surface area contributed by atoms with Crippen LogP contribution in [-0.2, 0) is 14.2 Å². The Morgan fingerprint density at radius 3 is 1.52 bits per heavy atom.